The van der Waals surface area contributed by atoms with Crippen molar-refractivity contribution < 1.29 is 19.1 Å². The van der Waals surface area contributed by atoms with Crippen LogP contribution in [-0.2, 0) is 14.3 Å². The number of hydrogen-bond donors (Lipinski definition) is 1. The van der Waals surface area contributed by atoms with Gasteiger partial charge in [-0.2, -0.15) is 0 Å². The minimum atomic E-state index is -0.602. The predicted octanol–water partition coefficient (Wildman–Crippen LogP) is 4.56. The molecule has 2 rings (SSSR count). The van der Waals surface area contributed by atoms with E-state index in [0.717, 1.165) is 4.47 Å². The van der Waals surface area contributed by atoms with E-state index in [1.807, 2.05) is 6.07 Å². The highest BCUT2D eigenvalue weighted by molar-refractivity contribution is 9.10. The summed E-state index contributed by atoms with van der Waals surface area (Å²) < 4.78 is 5.64. The van der Waals surface area contributed by atoms with E-state index in [9.17, 15) is 14.4 Å². The van der Waals surface area contributed by atoms with E-state index in [1.165, 1.54) is 0 Å². The summed E-state index contributed by atoms with van der Waals surface area (Å²) in [5, 5.41) is 3.14. The monoisotopic (exact) mass is 437 g/mol. The first-order valence-electron chi connectivity index (χ1n) is 7.87. The smallest absolute Gasteiger partial charge is 0.306 e. The molecule has 1 N–H and O–H groups in total. The molecular weight excluding hydrogens is 422 g/mol. The molecule has 0 aliphatic carbocycles. The summed E-state index contributed by atoms with van der Waals surface area (Å²) in [6.45, 7) is 1.34. The van der Waals surface area contributed by atoms with Crippen molar-refractivity contribution in [2.75, 3.05) is 11.9 Å². The fourth-order valence-corrected chi connectivity index (χ4v) is 2.77. The van der Waals surface area contributed by atoms with Crippen LogP contribution in [0.25, 0.3) is 0 Å². The lowest BCUT2D eigenvalue weighted by Gasteiger charge is -2.11. The number of carbonyl (C=O) groups excluding carboxylic acids is 3. The summed E-state index contributed by atoms with van der Waals surface area (Å²) in [4.78, 5) is 35.6. The van der Waals surface area contributed by atoms with Crippen molar-refractivity contribution in [1.82, 2.24) is 0 Å². The Labute approximate surface area is 164 Å². The molecule has 1 amide bonds. The molecule has 0 saturated carbocycles. The molecule has 26 heavy (non-hydrogen) atoms. The number of Topliss-reactive ketones (excluding diaryl/α,β-unsaturated/α-hetero) is 1. The minimum Gasteiger partial charge on any atom is -0.456 e. The van der Waals surface area contributed by atoms with Crippen molar-refractivity contribution in [2.24, 2.45) is 0 Å². The number of carbonyl (C=O) groups is 3. The number of ketones is 1. The van der Waals surface area contributed by atoms with Crippen LogP contribution in [-0.4, -0.2) is 24.3 Å². The topological polar surface area (TPSA) is 72.5 Å². The largest absolute Gasteiger partial charge is 0.456 e. The van der Waals surface area contributed by atoms with Gasteiger partial charge in [-0.3, -0.25) is 14.4 Å². The van der Waals surface area contributed by atoms with Crippen LogP contribution in [0.15, 0.2) is 46.9 Å². The van der Waals surface area contributed by atoms with Crippen LogP contribution in [0.3, 0.4) is 0 Å². The molecule has 0 spiro atoms. The molecule has 7 heteroatoms. The van der Waals surface area contributed by atoms with Gasteiger partial charge in [0.15, 0.2) is 12.4 Å². The van der Waals surface area contributed by atoms with Crippen molar-refractivity contribution in [3.63, 3.8) is 0 Å². The number of nitrogens with one attached hydrogen (secondary N) is 1. The van der Waals surface area contributed by atoms with Gasteiger partial charge in [0.05, 0.1) is 11.4 Å². The third kappa shape index (κ3) is 5.68. The maximum Gasteiger partial charge on any atom is 0.306 e. The average molecular weight is 439 g/mol. The van der Waals surface area contributed by atoms with Crippen LogP contribution in [0.1, 0.15) is 28.8 Å². The minimum absolute atomic E-state index is 0.0336. The van der Waals surface area contributed by atoms with Gasteiger partial charge in [0.25, 0.3) is 5.91 Å². The third-order valence-electron chi connectivity index (χ3n) is 3.63. The number of rotatable bonds is 7. The lowest BCUT2D eigenvalue weighted by Crippen LogP contribution is -2.21. The second kappa shape index (κ2) is 9.50. The molecule has 0 fully saturated rings. The van der Waals surface area contributed by atoms with Crippen LogP contribution in [0, 0.1) is 6.92 Å². The fraction of sp³-hybridized carbons (Fsp3) is 0.211. The Morgan fingerprint density at radius 2 is 1.77 bits per heavy atom. The number of hydrogen-bond acceptors (Lipinski definition) is 4. The molecule has 0 aromatic heterocycles. The predicted molar refractivity (Wildman–Crippen MR) is 103 cm³/mol. The second-order valence-electron chi connectivity index (χ2n) is 5.53. The molecule has 2 aromatic carbocycles. The van der Waals surface area contributed by atoms with Crippen molar-refractivity contribution >= 4 is 50.9 Å². The Hall–Kier alpha value is -2.18. The van der Waals surface area contributed by atoms with Gasteiger partial charge in [0, 0.05) is 22.1 Å². The molecule has 5 nitrogen and oxygen atoms in total. The summed E-state index contributed by atoms with van der Waals surface area (Å²) in [6, 6.07) is 12.1. The Bertz CT molecular complexity index is 824. The van der Waals surface area contributed by atoms with E-state index in [1.54, 1.807) is 43.3 Å². The molecular formula is C19H17BrClNO4. The Balaban J connectivity index is 1.78. The lowest BCUT2D eigenvalue weighted by atomic mass is 10.1. The zero-order valence-electron chi connectivity index (χ0n) is 14.1. The normalized spacial score (nSPS) is 10.3. The quantitative estimate of drug-likeness (QED) is 0.508. The molecule has 2 aromatic rings. The SMILES string of the molecule is Cc1c(NC(=O)COC(=O)CCC(=O)c2ccccc2)ccc(Br)c1Cl. The van der Waals surface area contributed by atoms with Gasteiger partial charge < -0.3 is 10.1 Å². The number of benzene rings is 2. The molecule has 0 atom stereocenters. The number of amides is 1. The Morgan fingerprint density at radius 1 is 1.08 bits per heavy atom. The van der Waals surface area contributed by atoms with Crippen LogP contribution in [0.2, 0.25) is 5.02 Å². The highest BCUT2D eigenvalue weighted by Gasteiger charge is 2.13. The van der Waals surface area contributed by atoms with Crippen molar-refractivity contribution in [2.45, 2.75) is 19.8 Å². The first-order valence-corrected chi connectivity index (χ1v) is 9.04. The van der Waals surface area contributed by atoms with Gasteiger partial charge in [-0.15, -0.1) is 0 Å². The highest BCUT2D eigenvalue weighted by atomic mass is 79.9. The third-order valence-corrected chi connectivity index (χ3v) is 5.01. The molecule has 0 saturated heterocycles. The molecule has 0 aliphatic heterocycles. The number of ether oxygens (including phenoxy) is 1. The van der Waals surface area contributed by atoms with Crippen molar-refractivity contribution in [3.05, 3.63) is 63.1 Å². The molecule has 0 unspecified atom stereocenters. The maximum absolute atomic E-state index is 11.9. The molecule has 0 aliphatic rings. The fourth-order valence-electron chi connectivity index (χ4n) is 2.18. The highest BCUT2D eigenvalue weighted by Crippen LogP contribution is 2.30. The van der Waals surface area contributed by atoms with E-state index in [2.05, 4.69) is 21.2 Å². The van der Waals surface area contributed by atoms with Crippen LogP contribution in [0.4, 0.5) is 5.69 Å². The lowest BCUT2D eigenvalue weighted by molar-refractivity contribution is -0.147. The maximum atomic E-state index is 11.9. The molecule has 0 radical (unpaired) electrons. The standard InChI is InChI=1S/C19H17BrClNO4/c1-12-15(8-7-14(20)19(12)21)22-17(24)11-26-18(25)10-9-16(23)13-5-3-2-4-6-13/h2-8H,9-11H2,1H3,(H,22,24). The second-order valence-corrected chi connectivity index (χ2v) is 6.76. The molecule has 0 heterocycles. The summed E-state index contributed by atoms with van der Waals surface area (Å²) >= 11 is 9.40. The molecule has 136 valence electrons. The Morgan fingerprint density at radius 3 is 2.46 bits per heavy atom. The van der Waals surface area contributed by atoms with Gasteiger partial charge in [0.1, 0.15) is 0 Å². The first kappa shape index (κ1) is 20.1. The van der Waals surface area contributed by atoms with Gasteiger partial charge in [-0.05, 0) is 40.5 Å². The van der Waals surface area contributed by atoms with Crippen molar-refractivity contribution in [3.8, 4) is 0 Å². The van der Waals surface area contributed by atoms with Gasteiger partial charge in [-0.1, -0.05) is 41.9 Å². The summed E-state index contributed by atoms with van der Waals surface area (Å²) in [5.41, 5.74) is 1.79. The summed E-state index contributed by atoms with van der Waals surface area (Å²) in [5.74, 6) is -1.23. The van der Waals surface area contributed by atoms with E-state index < -0.39 is 18.5 Å². The van der Waals surface area contributed by atoms with Gasteiger partial charge >= 0.3 is 5.97 Å². The number of anilines is 1. The number of halogens is 2. The van der Waals surface area contributed by atoms with E-state index in [-0.39, 0.29) is 18.6 Å². The zero-order chi connectivity index (χ0) is 19.1. The number of esters is 1. The summed E-state index contributed by atoms with van der Waals surface area (Å²) in [7, 11) is 0. The molecule has 0 bridgehead atoms. The van der Waals surface area contributed by atoms with Gasteiger partial charge in [-0.25, -0.2) is 0 Å². The van der Waals surface area contributed by atoms with Gasteiger partial charge in [0.2, 0.25) is 0 Å². The summed E-state index contributed by atoms with van der Waals surface area (Å²) in [6.07, 6.45) is -0.0456. The first-order chi connectivity index (χ1) is 12.4. The van der Waals surface area contributed by atoms with E-state index in [4.69, 9.17) is 16.3 Å². The zero-order valence-corrected chi connectivity index (χ0v) is 16.4. The van der Waals surface area contributed by atoms with Crippen LogP contribution >= 0.6 is 27.5 Å². The van der Waals surface area contributed by atoms with E-state index >= 15 is 0 Å². The van der Waals surface area contributed by atoms with Crippen LogP contribution in [0.5, 0.6) is 0 Å². The van der Waals surface area contributed by atoms with Crippen molar-refractivity contribution in [1.29, 1.82) is 0 Å². The van der Waals surface area contributed by atoms with E-state index in [0.29, 0.717) is 21.8 Å². The Kier molecular flexibility index (Phi) is 7.36. The van der Waals surface area contributed by atoms with Crippen LogP contribution < -0.4 is 5.32 Å². The average Bonchev–Trinajstić information content (AvgIpc) is 2.65.